The topological polar surface area (TPSA) is 84.6 Å². The molecule has 0 atom stereocenters. The molecule has 0 saturated heterocycles. The zero-order chi connectivity index (χ0) is 10.5. The summed E-state index contributed by atoms with van der Waals surface area (Å²) in [6, 6.07) is 0. The van der Waals surface area contributed by atoms with Gasteiger partial charge < -0.3 is 20.9 Å². The van der Waals surface area contributed by atoms with Crippen molar-refractivity contribution in [3.05, 3.63) is 0 Å². The lowest BCUT2D eigenvalue weighted by Gasteiger charge is -2.02. The molecule has 0 spiro atoms. The molecule has 0 aromatic rings. The standard InChI is InChI=1S/C6H14N2O3.C2H6.2H2/c7-1-3-11-4-2-8-6(10)5-9;1-2;;/h9H,1-5,7H2,(H,8,10);1-2H3;2*1H. The van der Waals surface area contributed by atoms with Gasteiger partial charge in [0, 0.05) is 15.9 Å². The average Bonchev–Trinajstić information content (AvgIpc) is 2.20. The number of amides is 1. The molecule has 0 aliphatic rings. The van der Waals surface area contributed by atoms with Crippen LogP contribution in [0.3, 0.4) is 0 Å². The highest BCUT2D eigenvalue weighted by Gasteiger charge is 1.94. The summed E-state index contributed by atoms with van der Waals surface area (Å²) < 4.78 is 4.96. The molecule has 0 aromatic carbocycles. The van der Waals surface area contributed by atoms with Crippen LogP contribution in [0.25, 0.3) is 0 Å². The largest absolute Gasteiger partial charge is 0.387 e. The second kappa shape index (κ2) is 13.9. The van der Waals surface area contributed by atoms with Crippen LogP contribution in [-0.2, 0) is 9.53 Å². The third-order valence-electron chi connectivity index (χ3n) is 0.974. The minimum absolute atomic E-state index is 0. The maximum atomic E-state index is 10.4. The predicted octanol–water partition coefficient (Wildman–Crippen LogP) is -0.412. The average molecular weight is 196 g/mol. The van der Waals surface area contributed by atoms with Crippen molar-refractivity contribution in [2.24, 2.45) is 5.73 Å². The van der Waals surface area contributed by atoms with E-state index in [1.165, 1.54) is 0 Å². The maximum absolute atomic E-state index is 10.4. The Labute approximate surface area is 82.2 Å². The Balaban J connectivity index is -0.000000142. The Morgan fingerprint density at radius 1 is 1.54 bits per heavy atom. The number of ether oxygens (including phenoxy) is 1. The number of hydrogen-bond acceptors (Lipinski definition) is 4. The molecule has 0 rings (SSSR count). The molecular weight excluding hydrogens is 172 g/mol. The van der Waals surface area contributed by atoms with Gasteiger partial charge in [0.2, 0.25) is 5.91 Å². The number of carbonyl (C=O) groups excluding carboxylic acids is 1. The van der Waals surface area contributed by atoms with Crippen molar-refractivity contribution in [2.75, 3.05) is 32.9 Å². The summed E-state index contributed by atoms with van der Waals surface area (Å²) in [6.07, 6.45) is 0. The summed E-state index contributed by atoms with van der Waals surface area (Å²) in [4.78, 5) is 10.4. The van der Waals surface area contributed by atoms with Gasteiger partial charge in [-0.2, -0.15) is 0 Å². The first-order chi connectivity index (χ1) is 6.31. The maximum Gasteiger partial charge on any atom is 0.245 e. The highest BCUT2D eigenvalue weighted by molar-refractivity contribution is 5.76. The molecule has 5 heteroatoms. The van der Waals surface area contributed by atoms with Crippen LogP contribution < -0.4 is 11.1 Å². The summed E-state index contributed by atoms with van der Waals surface area (Å²) >= 11 is 0. The van der Waals surface area contributed by atoms with Crippen molar-refractivity contribution in [1.82, 2.24) is 5.32 Å². The number of nitrogens with one attached hydrogen (secondary N) is 1. The normalized spacial score (nSPS) is 8.62. The highest BCUT2D eigenvalue weighted by Crippen LogP contribution is 1.70. The van der Waals surface area contributed by atoms with Crippen molar-refractivity contribution in [1.29, 1.82) is 0 Å². The Bertz CT molecular complexity index is 118. The third kappa shape index (κ3) is 14.2. The third-order valence-corrected chi connectivity index (χ3v) is 0.974. The van der Waals surface area contributed by atoms with Crippen molar-refractivity contribution < 1.29 is 17.5 Å². The SMILES string of the molecule is CC.NCCOCCNC(=O)CO.[HH].[HH]. The van der Waals surface area contributed by atoms with E-state index in [1.54, 1.807) is 0 Å². The molecule has 0 bridgehead atoms. The molecule has 0 aliphatic carbocycles. The minimum Gasteiger partial charge on any atom is -0.387 e. The molecule has 0 fully saturated rings. The molecule has 13 heavy (non-hydrogen) atoms. The van der Waals surface area contributed by atoms with Gasteiger partial charge in [0.1, 0.15) is 6.61 Å². The fraction of sp³-hybridized carbons (Fsp3) is 0.875. The Morgan fingerprint density at radius 3 is 2.62 bits per heavy atom. The first kappa shape index (κ1) is 14.9. The lowest BCUT2D eigenvalue weighted by atomic mass is 10.6. The molecule has 0 radical (unpaired) electrons. The molecule has 0 aromatic heterocycles. The molecule has 1 amide bonds. The number of aliphatic hydroxyl groups is 1. The first-order valence-electron chi connectivity index (χ1n) is 4.46. The van der Waals surface area contributed by atoms with E-state index in [9.17, 15) is 4.79 Å². The summed E-state index contributed by atoms with van der Waals surface area (Å²) in [5, 5.41) is 10.7. The summed E-state index contributed by atoms with van der Waals surface area (Å²) in [6.45, 7) is 5.35. The van der Waals surface area contributed by atoms with E-state index in [0.717, 1.165) is 0 Å². The van der Waals surface area contributed by atoms with Gasteiger partial charge in [0.15, 0.2) is 0 Å². The van der Waals surface area contributed by atoms with Gasteiger partial charge in [-0.1, -0.05) is 13.8 Å². The van der Waals surface area contributed by atoms with E-state index < -0.39 is 6.61 Å². The van der Waals surface area contributed by atoms with Gasteiger partial charge in [0.05, 0.1) is 13.2 Å². The van der Waals surface area contributed by atoms with Crippen LogP contribution in [0.2, 0.25) is 0 Å². The van der Waals surface area contributed by atoms with Gasteiger partial charge in [-0.15, -0.1) is 0 Å². The van der Waals surface area contributed by atoms with Gasteiger partial charge in [0.25, 0.3) is 0 Å². The van der Waals surface area contributed by atoms with Crippen LogP contribution in [0.5, 0.6) is 0 Å². The smallest absolute Gasteiger partial charge is 0.245 e. The second-order valence-electron chi connectivity index (χ2n) is 1.91. The predicted molar refractivity (Wildman–Crippen MR) is 55.5 cm³/mol. The Morgan fingerprint density at radius 2 is 2.15 bits per heavy atom. The van der Waals surface area contributed by atoms with E-state index >= 15 is 0 Å². The van der Waals surface area contributed by atoms with Crippen molar-refractivity contribution >= 4 is 5.91 Å². The van der Waals surface area contributed by atoms with Gasteiger partial charge in [-0.3, -0.25) is 4.79 Å². The van der Waals surface area contributed by atoms with E-state index in [4.69, 9.17) is 15.6 Å². The van der Waals surface area contributed by atoms with Crippen molar-refractivity contribution in [3.8, 4) is 0 Å². The Kier molecular flexibility index (Phi) is 15.9. The van der Waals surface area contributed by atoms with Crippen LogP contribution in [-0.4, -0.2) is 43.9 Å². The molecule has 0 heterocycles. The van der Waals surface area contributed by atoms with E-state index in [1.807, 2.05) is 13.8 Å². The second-order valence-corrected chi connectivity index (χ2v) is 1.91. The number of hydrogen-bond donors (Lipinski definition) is 3. The molecular formula is C8H24N2O3. The van der Waals surface area contributed by atoms with Crippen molar-refractivity contribution in [2.45, 2.75) is 13.8 Å². The van der Waals surface area contributed by atoms with E-state index in [-0.39, 0.29) is 8.76 Å². The highest BCUT2D eigenvalue weighted by atomic mass is 16.5. The quantitative estimate of drug-likeness (QED) is 0.504. The molecule has 4 N–H and O–H groups in total. The molecule has 84 valence electrons. The van der Waals surface area contributed by atoms with Gasteiger partial charge in [-0.05, 0) is 0 Å². The van der Waals surface area contributed by atoms with Gasteiger partial charge >= 0.3 is 0 Å². The zero-order valence-corrected chi connectivity index (χ0v) is 8.38. The lowest BCUT2D eigenvalue weighted by molar-refractivity contribution is -0.124. The first-order valence-corrected chi connectivity index (χ1v) is 4.46. The number of rotatable bonds is 6. The lowest BCUT2D eigenvalue weighted by Crippen LogP contribution is -2.29. The van der Waals surface area contributed by atoms with E-state index in [2.05, 4.69) is 5.32 Å². The van der Waals surface area contributed by atoms with Crippen LogP contribution in [0, 0.1) is 0 Å². The van der Waals surface area contributed by atoms with E-state index in [0.29, 0.717) is 26.3 Å². The molecule has 0 aliphatic heterocycles. The van der Waals surface area contributed by atoms with Crippen LogP contribution >= 0.6 is 0 Å². The summed E-state index contributed by atoms with van der Waals surface area (Å²) in [7, 11) is 0. The molecule has 0 saturated carbocycles. The fourth-order valence-electron chi connectivity index (χ4n) is 0.504. The molecule has 0 unspecified atom stereocenters. The van der Waals surface area contributed by atoms with Gasteiger partial charge in [-0.25, -0.2) is 0 Å². The fourth-order valence-corrected chi connectivity index (χ4v) is 0.504. The Hall–Kier alpha value is -0.650. The van der Waals surface area contributed by atoms with Crippen LogP contribution in [0.4, 0.5) is 0 Å². The monoisotopic (exact) mass is 196 g/mol. The minimum atomic E-state index is -0.475. The number of aliphatic hydroxyl groups excluding tert-OH is 1. The summed E-state index contributed by atoms with van der Waals surface area (Å²) in [5.41, 5.74) is 5.14. The molecule has 5 nitrogen and oxygen atoms in total. The number of carbonyl (C=O) groups is 1. The van der Waals surface area contributed by atoms with Crippen LogP contribution in [0.1, 0.15) is 16.7 Å². The van der Waals surface area contributed by atoms with Crippen LogP contribution in [0.15, 0.2) is 0 Å². The number of nitrogens with two attached hydrogens (primary N) is 1. The van der Waals surface area contributed by atoms with Crippen molar-refractivity contribution in [3.63, 3.8) is 0 Å². The zero-order valence-electron chi connectivity index (χ0n) is 8.38. The summed E-state index contributed by atoms with van der Waals surface area (Å²) in [5.74, 6) is -0.388.